The maximum absolute atomic E-state index is 11.7. The lowest BCUT2D eigenvalue weighted by atomic mass is 9.72. The smallest absolute Gasteiger partial charge is 0.135 e. The molecule has 1 aliphatic carbocycles. The molecule has 1 saturated carbocycles. The molecular weight excluding hydrogens is 467 g/mol. The van der Waals surface area contributed by atoms with E-state index >= 15 is 0 Å². The van der Waals surface area contributed by atoms with Crippen LogP contribution in [0.15, 0.2) is 66.7 Å². The van der Waals surface area contributed by atoms with E-state index < -0.39 is 5.60 Å². The van der Waals surface area contributed by atoms with E-state index in [1.807, 2.05) is 18.2 Å². The van der Waals surface area contributed by atoms with Gasteiger partial charge in [0.1, 0.15) is 11.5 Å². The number of nitrogens with zero attached hydrogens (tertiary/aromatic N) is 1. The molecule has 1 saturated heterocycles. The highest BCUT2D eigenvalue weighted by Crippen LogP contribution is 2.41. The second-order valence-corrected chi connectivity index (χ2v) is 9.42. The van der Waals surface area contributed by atoms with Crippen molar-refractivity contribution in [2.75, 3.05) is 32.7 Å². The lowest BCUT2D eigenvalue weighted by Crippen LogP contribution is -2.49. The molecular formula is C28H36Cl2N2O2. The van der Waals surface area contributed by atoms with Gasteiger partial charge in [0.2, 0.25) is 0 Å². The number of nitrogens with one attached hydrogen (secondary N) is 1. The molecule has 1 heterocycles. The zero-order chi connectivity index (χ0) is 21.8. The Hall–Kier alpha value is -1.82. The molecule has 4 nitrogen and oxygen atoms in total. The standard InChI is InChI=1S/C28H34N2O2.2ClH/c31-28(15-4-1-5-16-28)26(21-30-19-17-29-18-20-30)23-11-13-24(14-12-23)32-27-10-6-8-22-7-2-3-9-25(22)27;;/h2-3,6-14,26,29,31H,1,4-5,15-21H2;2*1H. The van der Waals surface area contributed by atoms with Gasteiger partial charge in [0.05, 0.1) is 5.60 Å². The molecule has 184 valence electrons. The fourth-order valence-corrected chi connectivity index (χ4v) is 5.43. The van der Waals surface area contributed by atoms with Crippen LogP contribution in [0.4, 0.5) is 0 Å². The normalized spacial score (nSPS) is 19.0. The average Bonchev–Trinajstić information content (AvgIpc) is 2.84. The summed E-state index contributed by atoms with van der Waals surface area (Å²) in [5, 5.41) is 17.4. The number of rotatable bonds is 6. The van der Waals surface area contributed by atoms with Gasteiger partial charge < -0.3 is 20.1 Å². The number of benzene rings is 3. The van der Waals surface area contributed by atoms with Gasteiger partial charge in [-0.15, -0.1) is 24.8 Å². The van der Waals surface area contributed by atoms with Crippen molar-refractivity contribution in [2.24, 2.45) is 0 Å². The predicted octanol–water partition coefficient (Wildman–Crippen LogP) is 6.16. The molecule has 5 rings (SSSR count). The maximum Gasteiger partial charge on any atom is 0.135 e. The Morgan fingerprint density at radius 3 is 2.26 bits per heavy atom. The highest BCUT2D eigenvalue weighted by Gasteiger charge is 2.39. The minimum Gasteiger partial charge on any atom is -0.457 e. The fraction of sp³-hybridized carbons (Fsp3) is 0.429. The van der Waals surface area contributed by atoms with E-state index in [-0.39, 0.29) is 30.7 Å². The number of hydrogen-bond acceptors (Lipinski definition) is 4. The first-order chi connectivity index (χ1) is 15.7. The van der Waals surface area contributed by atoms with Crippen molar-refractivity contribution in [1.82, 2.24) is 10.2 Å². The van der Waals surface area contributed by atoms with Crippen LogP contribution in [0.5, 0.6) is 11.5 Å². The SMILES string of the molecule is Cl.Cl.OC1(C(CN2CCNCC2)c2ccc(Oc3cccc4ccccc34)cc2)CCCCC1. The molecule has 6 heteroatoms. The second-order valence-electron chi connectivity index (χ2n) is 9.42. The third kappa shape index (κ3) is 6.05. The number of ether oxygens (including phenoxy) is 1. The zero-order valence-electron chi connectivity index (χ0n) is 19.6. The maximum atomic E-state index is 11.7. The molecule has 2 aliphatic rings. The second kappa shape index (κ2) is 12.2. The van der Waals surface area contributed by atoms with Crippen LogP contribution in [-0.2, 0) is 0 Å². The Morgan fingerprint density at radius 1 is 0.853 bits per heavy atom. The summed E-state index contributed by atoms with van der Waals surface area (Å²) in [6.45, 7) is 5.08. The Labute approximate surface area is 215 Å². The summed E-state index contributed by atoms with van der Waals surface area (Å²) in [6, 6.07) is 22.9. The monoisotopic (exact) mass is 502 g/mol. The quantitative estimate of drug-likeness (QED) is 0.423. The molecule has 1 unspecified atom stereocenters. The predicted molar refractivity (Wildman–Crippen MR) is 145 cm³/mol. The number of hydrogen-bond donors (Lipinski definition) is 2. The van der Waals surface area contributed by atoms with Crippen molar-refractivity contribution in [3.8, 4) is 11.5 Å². The van der Waals surface area contributed by atoms with Gasteiger partial charge in [-0.1, -0.05) is 67.8 Å². The van der Waals surface area contributed by atoms with E-state index in [9.17, 15) is 5.11 Å². The van der Waals surface area contributed by atoms with Gasteiger partial charge in [0, 0.05) is 44.0 Å². The molecule has 1 atom stereocenters. The Bertz CT molecular complexity index is 1030. The number of fused-ring (bicyclic) bond motifs is 1. The third-order valence-electron chi connectivity index (χ3n) is 7.28. The molecule has 3 aromatic carbocycles. The minimum absolute atomic E-state index is 0. The minimum atomic E-state index is -0.610. The van der Waals surface area contributed by atoms with Crippen LogP contribution in [0.1, 0.15) is 43.6 Å². The van der Waals surface area contributed by atoms with Crippen LogP contribution in [0.25, 0.3) is 10.8 Å². The molecule has 0 spiro atoms. The first-order valence-electron chi connectivity index (χ1n) is 12.1. The third-order valence-corrected chi connectivity index (χ3v) is 7.28. The van der Waals surface area contributed by atoms with E-state index in [1.165, 1.54) is 17.4 Å². The van der Waals surface area contributed by atoms with Crippen molar-refractivity contribution in [1.29, 1.82) is 0 Å². The Morgan fingerprint density at radius 2 is 1.53 bits per heavy atom. The molecule has 0 bridgehead atoms. The summed E-state index contributed by atoms with van der Waals surface area (Å²) < 4.78 is 6.27. The number of aliphatic hydroxyl groups is 1. The first-order valence-corrected chi connectivity index (χ1v) is 12.1. The molecule has 2 N–H and O–H groups in total. The number of piperazine rings is 1. The fourth-order valence-electron chi connectivity index (χ4n) is 5.43. The van der Waals surface area contributed by atoms with Crippen LogP contribution in [0.3, 0.4) is 0 Å². The van der Waals surface area contributed by atoms with Crippen LogP contribution >= 0.6 is 24.8 Å². The molecule has 3 aromatic rings. The molecule has 0 radical (unpaired) electrons. The first kappa shape index (κ1) is 26.8. The van der Waals surface area contributed by atoms with E-state index in [0.29, 0.717) is 0 Å². The van der Waals surface area contributed by atoms with Gasteiger partial charge in [-0.3, -0.25) is 0 Å². The van der Waals surface area contributed by atoms with Crippen molar-refractivity contribution in [2.45, 2.75) is 43.6 Å². The summed E-state index contributed by atoms with van der Waals surface area (Å²) in [6.07, 6.45) is 5.28. The lowest BCUT2D eigenvalue weighted by Gasteiger charge is -2.42. The summed E-state index contributed by atoms with van der Waals surface area (Å²) in [5.41, 5.74) is 0.611. The van der Waals surface area contributed by atoms with Gasteiger partial charge in [-0.2, -0.15) is 0 Å². The summed E-state index contributed by atoms with van der Waals surface area (Å²) in [7, 11) is 0. The Balaban J connectivity index is 0.00000162. The number of halogens is 2. The van der Waals surface area contributed by atoms with Gasteiger partial charge in [0.15, 0.2) is 0 Å². The van der Waals surface area contributed by atoms with E-state index in [2.05, 4.69) is 58.7 Å². The highest BCUT2D eigenvalue weighted by molar-refractivity contribution is 5.88. The van der Waals surface area contributed by atoms with Gasteiger partial charge in [-0.25, -0.2) is 0 Å². The highest BCUT2D eigenvalue weighted by atomic mass is 35.5. The zero-order valence-corrected chi connectivity index (χ0v) is 21.3. The lowest BCUT2D eigenvalue weighted by molar-refractivity contribution is -0.0316. The molecule has 0 aromatic heterocycles. The van der Waals surface area contributed by atoms with Gasteiger partial charge in [-0.05, 0) is 42.0 Å². The summed E-state index contributed by atoms with van der Waals surface area (Å²) in [4.78, 5) is 2.51. The summed E-state index contributed by atoms with van der Waals surface area (Å²) >= 11 is 0. The molecule has 34 heavy (non-hydrogen) atoms. The Kier molecular flexibility index (Phi) is 9.64. The van der Waals surface area contributed by atoms with Gasteiger partial charge >= 0.3 is 0 Å². The van der Waals surface area contributed by atoms with Crippen molar-refractivity contribution < 1.29 is 9.84 Å². The molecule has 0 amide bonds. The molecule has 1 aliphatic heterocycles. The van der Waals surface area contributed by atoms with Crippen molar-refractivity contribution in [3.05, 3.63) is 72.3 Å². The molecule has 2 fully saturated rings. The van der Waals surface area contributed by atoms with Crippen LogP contribution in [-0.4, -0.2) is 48.3 Å². The largest absolute Gasteiger partial charge is 0.457 e. The van der Waals surface area contributed by atoms with E-state index in [0.717, 1.165) is 75.3 Å². The summed E-state index contributed by atoms with van der Waals surface area (Å²) in [5.74, 6) is 1.84. The average molecular weight is 504 g/mol. The van der Waals surface area contributed by atoms with Crippen LogP contribution < -0.4 is 10.1 Å². The van der Waals surface area contributed by atoms with Gasteiger partial charge in [0.25, 0.3) is 0 Å². The van der Waals surface area contributed by atoms with Crippen molar-refractivity contribution in [3.63, 3.8) is 0 Å². The van der Waals surface area contributed by atoms with Crippen LogP contribution in [0.2, 0.25) is 0 Å². The van der Waals surface area contributed by atoms with E-state index in [4.69, 9.17) is 4.74 Å². The van der Waals surface area contributed by atoms with E-state index in [1.54, 1.807) is 0 Å². The van der Waals surface area contributed by atoms with Crippen molar-refractivity contribution >= 4 is 35.6 Å². The topological polar surface area (TPSA) is 44.7 Å². The van der Waals surface area contributed by atoms with Crippen LogP contribution in [0, 0.1) is 0 Å².